The Morgan fingerprint density at radius 1 is 1.20 bits per heavy atom. The zero-order valence-corrected chi connectivity index (χ0v) is 15.2. The van der Waals surface area contributed by atoms with Gasteiger partial charge < -0.3 is 15.0 Å². The minimum atomic E-state index is 0.00120. The Balaban J connectivity index is 1.80. The molecule has 1 saturated heterocycles. The van der Waals surface area contributed by atoms with Crippen LogP contribution in [0.3, 0.4) is 0 Å². The lowest BCUT2D eigenvalue weighted by Crippen LogP contribution is -2.42. The lowest BCUT2D eigenvalue weighted by Gasteiger charge is -2.30. The fraction of sp³-hybridized carbons (Fsp3) is 0.500. The van der Waals surface area contributed by atoms with E-state index in [9.17, 15) is 9.59 Å². The molecule has 0 saturated carbocycles. The van der Waals surface area contributed by atoms with Gasteiger partial charge in [0, 0.05) is 31.6 Å². The summed E-state index contributed by atoms with van der Waals surface area (Å²) >= 11 is 0. The minimum absolute atomic E-state index is 0.00120. The molecule has 136 valence electrons. The van der Waals surface area contributed by atoms with Crippen molar-refractivity contribution in [3.05, 3.63) is 35.9 Å². The molecule has 5 heteroatoms. The second-order valence-corrected chi connectivity index (χ2v) is 6.23. The van der Waals surface area contributed by atoms with Crippen molar-refractivity contribution in [1.29, 1.82) is 0 Å². The Kier molecular flexibility index (Phi) is 7.51. The number of carbonyl (C=O) groups excluding carboxylic acids is 2. The second-order valence-electron chi connectivity index (χ2n) is 6.23. The summed E-state index contributed by atoms with van der Waals surface area (Å²) < 4.78 is 5.40. The Bertz CT molecular complexity index is 587. The first-order chi connectivity index (χ1) is 12.1. The van der Waals surface area contributed by atoms with Crippen molar-refractivity contribution in [3.63, 3.8) is 0 Å². The molecule has 0 atom stereocenters. The first kappa shape index (κ1) is 19.0. The van der Waals surface area contributed by atoms with Gasteiger partial charge in [0.05, 0.1) is 6.61 Å². The molecule has 1 aliphatic heterocycles. The summed E-state index contributed by atoms with van der Waals surface area (Å²) in [6.07, 6.45) is 5.83. The highest BCUT2D eigenvalue weighted by atomic mass is 16.5. The first-order valence-electron chi connectivity index (χ1n) is 9.11. The molecule has 1 N–H and O–H groups in total. The van der Waals surface area contributed by atoms with Gasteiger partial charge in [-0.1, -0.05) is 19.1 Å². The largest absolute Gasteiger partial charge is 0.494 e. The SMILES string of the molecule is CCCNC(=O)C1CCN(C(=O)/C=C/c2ccc(OCC)cc2)CC1. The zero-order chi connectivity index (χ0) is 18.1. The maximum atomic E-state index is 12.3. The average Bonchev–Trinajstić information content (AvgIpc) is 2.65. The predicted molar refractivity (Wildman–Crippen MR) is 99.2 cm³/mol. The van der Waals surface area contributed by atoms with Crippen LogP contribution in [0.1, 0.15) is 38.7 Å². The number of benzene rings is 1. The van der Waals surface area contributed by atoms with Crippen LogP contribution in [0.2, 0.25) is 0 Å². The molecule has 5 nitrogen and oxygen atoms in total. The van der Waals surface area contributed by atoms with Gasteiger partial charge in [-0.25, -0.2) is 0 Å². The van der Waals surface area contributed by atoms with E-state index < -0.39 is 0 Å². The summed E-state index contributed by atoms with van der Waals surface area (Å²) in [5, 5.41) is 2.94. The lowest BCUT2D eigenvalue weighted by molar-refractivity contribution is -0.132. The van der Waals surface area contributed by atoms with Crippen molar-refractivity contribution < 1.29 is 14.3 Å². The van der Waals surface area contributed by atoms with Crippen LogP contribution in [0.4, 0.5) is 0 Å². The van der Waals surface area contributed by atoms with Crippen molar-refractivity contribution >= 4 is 17.9 Å². The predicted octanol–water partition coefficient (Wildman–Crippen LogP) is 2.86. The number of ether oxygens (including phenoxy) is 1. The third kappa shape index (κ3) is 5.93. The van der Waals surface area contributed by atoms with Gasteiger partial charge in [0.1, 0.15) is 5.75 Å². The highest BCUT2D eigenvalue weighted by Gasteiger charge is 2.26. The molecule has 1 aromatic carbocycles. The molecule has 0 spiro atoms. The van der Waals surface area contributed by atoms with E-state index in [1.54, 1.807) is 6.08 Å². The summed E-state index contributed by atoms with van der Waals surface area (Å²) in [4.78, 5) is 26.1. The van der Waals surface area contributed by atoms with Gasteiger partial charge in [-0.3, -0.25) is 9.59 Å². The van der Waals surface area contributed by atoms with Gasteiger partial charge >= 0.3 is 0 Å². The number of nitrogens with one attached hydrogen (secondary N) is 1. The smallest absolute Gasteiger partial charge is 0.246 e. The van der Waals surface area contributed by atoms with Crippen LogP contribution in [-0.2, 0) is 9.59 Å². The highest BCUT2D eigenvalue weighted by Crippen LogP contribution is 2.18. The normalized spacial score (nSPS) is 15.4. The molecule has 0 radical (unpaired) electrons. The van der Waals surface area contributed by atoms with E-state index in [-0.39, 0.29) is 17.7 Å². The molecule has 0 aromatic heterocycles. The maximum Gasteiger partial charge on any atom is 0.246 e. The van der Waals surface area contributed by atoms with Crippen molar-refractivity contribution in [2.24, 2.45) is 5.92 Å². The van der Waals surface area contributed by atoms with E-state index in [1.807, 2.05) is 49.1 Å². The summed E-state index contributed by atoms with van der Waals surface area (Å²) in [6.45, 7) is 6.62. The van der Waals surface area contributed by atoms with Crippen molar-refractivity contribution in [1.82, 2.24) is 10.2 Å². The molecule has 1 heterocycles. The third-order valence-corrected chi connectivity index (χ3v) is 4.34. The number of carbonyl (C=O) groups is 2. The van der Waals surface area contributed by atoms with Crippen LogP contribution in [0.25, 0.3) is 6.08 Å². The molecule has 0 bridgehead atoms. The van der Waals surface area contributed by atoms with Crippen LogP contribution in [-0.4, -0.2) is 43.0 Å². The van der Waals surface area contributed by atoms with Crippen LogP contribution in [0, 0.1) is 5.92 Å². The monoisotopic (exact) mass is 344 g/mol. The van der Waals surface area contributed by atoms with Gasteiger partial charge in [-0.2, -0.15) is 0 Å². The summed E-state index contributed by atoms with van der Waals surface area (Å²) in [5.41, 5.74) is 0.964. The number of amides is 2. The number of hydrogen-bond donors (Lipinski definition) is 1. The Morgan fingerprint density at radius 3 is 2.48 bits per heavy atom. The molecule has 0 aliphatic carbocycles. The van der Waals surface area contributed by atoms with Crippen LogP contribution >= 0.6 is 0 Å². The van der Waals surface area contributed by atoms with E-state index in [1.165, 1.54) is 0 Å². The maximum absolute atomic E-state index is 12.3. The second kappa shape index (κ2) is 9.87. The van der Waals surface area contributed by atoms with Gasteiger partial charge in [0.15, 0.2) is 0 Å². The summed E-state index contributed by atoms with van der Waals surface area (Å²) in [6, 6.07) is 7.65. The number of rotatable bonds is 7. The summed E-state index contributed by atoms with van der Waals surface area (Å²) in [7, 11) is 0. The molecule has 25 heavy (non-hydrogen) atoms. The van der Waals surface area contributed by atoms with Crippen LogP contribution < -0.4 is 10.1 Å². The van der Waals surface area contributed by atoms with Crippen molar-refractivity contribution in [2.75, 3.05) is 26.2 Å². The zero-order valence-electron chi connectivity index (χ0n) is 15.2. The van der Waals surface area contributed by atoms with Gasteiger partial charge in [-0.15, -0.1) is 0 Å². The quantitative estimate of drug-likeness (QED) is 0.774. The molecule has 0 unspecified atom stereocenters. The summed E-state index contributed by atoms with van der Waals surface area (Å²) in [5.74, 6) is 0.986. The molecular weight excluding hydrogens is 316 g/mol. The van der Waals surface area contributed by atoms with E-state index in [4.69, 9.17) is 4.74 Å². The molecule has 2 rings (SSSR count). The van der Waals surface area contributed by atoms with Crippen molar-refractivity contribution in [3.8, 4) is 5.75 Å². The Hall–Kier alpha value is -2.30. The first-order valence-corrected chi connectivity index (χ1v) is 9.11. The van der Waals surface area contributed by atoms with E-state index in [2.05, 4.69) is 5.32 Å². The molecule has 1 aliphatic rings. The Morgan fingerprint density at radius 2 is 1.88 bits per heavy atom. The van der Waals surface area contributed by atoms with Crippen molar-refractivity contribution in [2.45, 2.75) is 33.1 Å². The topological polar surface area (TPSA) is 58.6 Å². The van der Waals surface area contributed by atoms with Crippen LogP contribution in [0.15, 0.2) is 30.3 Å². The van der Waals surface area contributed by atoms with E-state index in [0.717, 1.165) is 37.1 Å². The number of likely N-dealkylation sites (tertiary alicyclic amines) is 1. The van der Waals surface area contributed by atoms with E-state index in [0.29, 0.717) is 19.7 Å². The Labute approximate surface area is 150 Å². The number of piperidine rings is 1. The highest BCUT2D eigenvalue weighted by molar-refractivity contribution is 5.92. The number of nitrogens with zero attached hydrogens (tertiary/aromatic N) is 1. The fourth-order valence-corrected chi connectivity index (χ4v) is 2.87. The van der Waals surface area contributed by atoms with Crippen LogP contribution in [0.5, 0.6) is 5.75 Å². The molecule has 2 amide bonds. The standard InChI is InChI=1S/C20H28N2O3/c1-3-13-21-20(24)17-11-14-22(15-12-17)19(23)10-7-16-5-8-18(9-6-16)25-4-2/h5-10,17H,3-4,11-15H2,1-2H3,(H,21,24)/b10-7+. The lowest BCUT2D eigenvalue weighted by atomic mass is 9.96. The van der Waals surface area contributed by atoms with Gasteiger partial charge in [-0.05, 0) is 50.0 Å². The third-order valence-electron chi connectivity index (χ3n) is 4.34. The van der Waals surface area contributed by atoms with Gasteiger partial charge in [0.2, 0.25) is 11.8 Å². The van der Waals surface area contributed by atoms with E-state index >= 15 is 0 Å². The fourth-order valence-electron chi connectivity index (χ4n) is 2.87. The number of hydrogen-bond acceptors (Lipinski definition) is 3. The van der Waals surface area contributed by atoms with Gasteiger partial charge in [0.25, 0.3) is 0 Å². The average molecular weight is 344 g/mol. The molecular formula is C20H28N2O3. The molecule has 1 aromatic rings. The molecule has 1 fully saturated rings. The minimum Gasteiger partial charge on any atom is -0.494 e.